The largest absolute Gasteiger partial charge is 0.0917 e. The van der Waals surface area contributed by atoms with Crippen LogP contribution in [0.15, 0.2) is 84.9 Å². The molecule has 0 fully saturated rings. The SMILES string of the molecule is C/C=C/CCc1ccc(C#Cc2ccc(-c3ccc(CCCCC)cc3)cc2)cc1. The highest BCUT2D eigenvalue weighted by atomic mass is 14.0. The molecule has 0 heteroatoms. The number of hydrogen-bond acceptors (Lipinski definition) is 0. The van der Waals surface area contributed by atoms with Crippen molar-refractivity contribution in [2.24, 2.45) is 0 Å². The van der Waals surface area contributed by atoms with E-state index in [0.29, 0.717) is 0 Å². The first-order chi connectivity index (χ1) is 14.8. The molecule has 0 atom stereocenters. The molecule has 0 aromatic heterocycles. The lowest BCUT2D eigenvalue weighted by molar-refractivity contribution is 0.717. The first-order valence-corrected chi connectivity index (χ1v) is 11.2. The summed E-state index contributed by atoms with van der Waals surface area (Å²) < 4.78 is 0. The fourth-order valence-electron chi connectivity index (χ4n) is 3.50. The van der Waals surface area contributed by atoms with Crippen LogP contribution in [0.25, 0.3) is 11.1 Å². The van der Waals surface area contributed by atoms with Gasteiger partial charge in [0, 0.05) is 11.1 Å². The van der Waals surface area contributed by atoms with Gasteiger partial charge in [0.1, 0.15) is 0 Å². The van der Waals surface area contributed by atoms with E-state index in [1.165, 1.54) is 47.9 Å². The molecule has 0 bridgehead atoms. The minimum Gasteiger partial charge on any atom is -0.0917 e. The Hall–Kier alpha value is -3.04. The second-order valence-corrected chi connectivity index (χ2v) is 7.79. The van der Waals surface area contributed by atoms with Crippen molar-refractivity contribution < 1.29 is 0 Å². The lowest BCUT2D eigenvalue weighted by atomic mass is 10.0. The van der Waals surface area contributed by atoms with E-state index in [0.717, 1.165) is 24.0 Å². The van der Waals surface area contributed by atoms with Crippen molar-refractivity contribution in [1.29, 1.82) is 0 Å². The summed E-state index contributed by atoms with van der Waals surface area (Å²) in [5.41, 5.74) is 7.41. The van der Waals surface area contributed by atoms with Crippen molar-refractivity contribution in [3.05, 3.63) is 107 Å². The van der Waals surface area contributed by atoms with E-state index < -0.39 is 0 Å². The zero-order chi connectivity index (χ0) is 21.0. The number of unbranched alkanes of at least 4 members (excludes halogenated alkanes) is 2. The first kappa shape index (κ1) is 21.7. The zero-order valence-electron chi connectivity index (χ0n) is 18.3. The van der Waals surface area contributed by atoms with Crippen molar-refractivity contribution in [3.8, 4) is 23.0 Å². The number of allylic oxidation sites excluding steroid dienone is 2. The van der Waals surface area contributed by atoms with Crippen molar-refractivity contribution in [1.82, 2.24) is 0 Å². The fourth-order valence-corrected chi connectivity index (χ4v) is 3.50. The number of benzene rings is 3. The Kier molecular flexibility index (Phi) is 8.55. The number of hydrogen-bond donors (Lipinski definition) is 0. The van der Waals surface area contributed by atoms with Gasteiger partial charge in [-0.3, -0.25) is 0 Å². The van der Waals surface area contributed by atoms with Gasteiger partial charge in [0.25, 0.3) is 0 Å². The molecule has 0 saturated carbocycles. The second kappa shape index (κ2) is 11.8. The molecule has 0 aliphatic heterocycles. The molecule has 0 radical (unpaired) electrons. The zero-order valence-corrected chi connectivity index (χ0v) is 18.3. The van der Waals surface area contributed by atoms with Crippen LogP contribution in [-0.2, 0) is 12.8 Å². The van der Waals surface area contributed by atoms with Crippen molar-refractivity contribution in [2.75, 3.05) is 0 Å². The van der Waals surface area contributed by atoms with Crippen LogP contribution in [-0.4, -0.2) is 0 Å². The average molecular weight is 393 g/mol. The number of aryl methyl sites for hydroxylation is 2. The molecule has 30 heavy (non-hydrogen) atoms. The van der Waals surface area contributed by atoms with Crippen LogP contribution in [0.1, 0.15) is 61.8 Å². The lowest BCUT2D eigenvalue weighted by Crippen LogP contribution is -1.86. The smallest absolute Gasteiger partial charge is 0.0249 e. The third kappa shape index (κ3) is 6.78. The van der Waals surface area contributed by atoms with Crippen LogP contribution < -0.4 is 0 Å². The van der Waals surface area contributed by atoms with E-state index in [1.807, 2.05) is 0 Å². The van der Waals surface area contributed by atoms with Gasteiger partial charge < -0.3 is 0 Å². The molecule has 0 heterocycles. The topological polar surface area (TPSA) is 0 Å². The maximum atomic E-state index is 3.29. The summed E-state index contributed by atoms with van der Waals surface area (Å²) in [4.78, 5) is 0. The van der Waals surface area contributed by atoms with Crippen LogP contribution in [0.3, 0.4) is 0 Å². The summed E-state index contributed by atoms with van der Waals surface area (Å²) in [5.74, 6) is 6.57. The molecule has 0 aliphatic rings. The number of rotatable bonds is 8. The van der Waals surface area contributed by atoms with E-state index >= 15 is 0 Å². The fraction of sp³-hybridized carbons (Fsp3) is 0.267. The molecule has 0 unspecified atom stereocenters. The van der Waals surface area contributed by atoms with Gasteiger partial charge >= 0.3 is 0 Å². The maximum absolute atomic E-state index is 3.29. The summed E-state index contributed by atoms with van der Waals surface area (Å²) in [5, 5.41) is 0. The van der Waals surface area contributed by atoms with Crippen molar-refractivity contribution in [2.45, 2.75) is 52.4 Å². The van der Waals surface area contributed by atoms with Crippen LogP contribution in [0, 0.1) is 11.8 Å². The van der Waals surface area contributed by atoms with Gasteiger partial charge in [0.2, 0.25) is 0 Å². The standard InChI is InChI=1S/C30H32/c1-3-5-7-9-25-11-13-27(14-12-25)15-16-28-19-23-30(24-20-28)29-21-17-26(18-22-29)10-8-6-4-2/h3,5,11-14,17-24H,4,6-10H2,1-2H3/b5-3+. The molecular formula is C30H32. The van der Waals surface area contributed by atoms with Crippen molar-refractivity contribution >= 4 is 0 Å². The Labute approximate surface area is 182 Å². The first-order valence-electron chi connectivity index (χ1n) is 11.2. The average Bonchev–Trinajstić information content (AvgIpc) is 2.80. The van der Waals surface area contributed by atoms with E-state index in [-0.39, 0.29) is 0 Å². The van der Waals surface area contributed by atoms with Gasteiger partial charge in [0.05, 0.1) is 0 Å². The van der Waals surface area contributed by atoms with Gasteiger partial charge in [-0.1, -0.05) is 92.3 Å². The Morgan fingerprint density at radius 2 is 1.13 bits per heavy atom. The Bertz CT molecular complexity index is 975. The highest BCUT2D eigenvalue weighted by molar-refractivity contribution is 5.64. The molecular weight excluding hydrogens is 360 g/mol. The molecule has 0 aliphatic carbocycles. The normalized spacial score (nSPS) is 10.7. The molecule has 0 N–H and O–H groups in total. The summed E-state index contributed by atoms with van der Waals surface area (Å²) in [6.45, 7) is 4.32. The highest BCUT2D eigenvalue weighted by Crippen LogP contribution is 2.21. The van der Waals surface area contributed by atoms with Gasteiger partial charge in [-0.25, -0.2) is 0 Å². The highest BCUT2D eigenvalue weighted by Gasteiger charge is 1.99. The quantitative estimate of drug-likeness (QED) is 0.207. The molecule has 0 saturated heterocycles. The second-order valence-electron chi connectivity index (χ2n) is 7.79. The summed E-state index contributed by atoms with van der Waals surface area (Å²) in [7, 11) is 0. The van der Waals surface area contributed by atoms with E-state index in [2.05, 4.69) is 111 Å². The molecule has 3 aromatic carbocycles. The Morgan fingerprint density at radius 3 is 1.70 bits per heavy atom. The van der Waals surface area contributed by atoms with Gasteiger partial charge in [-0.05, 0) is 79.1 Å². The van der Waals surface area contributed by atoms with Gasteiger partial charge in [-0.2, -0.15) is 0 Å². The van der Waals surface area contributed by atoms with E-state index in [9.17, 15) is 0 Å². The minimum absolute atomic E-state index is 1.05. The maximum Gasteiger partial charge on any atom is 0.0249 e. The monoisotopic (exact) mass is 392 g/mol. The van der Waals surface area contributed by atoms with E-state index in [4.69, 9.17) is 0 Å². The van der Waals surface area contributed by atoms with Gasteiger partial charge in [-0.15, -0.1) is 0 Å². The Balaban J connectivity index is 1.60. The predicted octanol–water partition coefficient (Wildman–Crippen LogP) is 7.99. The minimum atomic E-state index is 1.05. The molecule has 0 amide bonds. The van der Waals surface area contributed by atoms with Gasteiger partial charge in [0.15, 0.2) is 0 Å². The third-order valence-electron chi connectivity index (χ3n) is 5.38. The molecule has 3 rings (SSSR count). The summed E-state index contributed by atoms with van der Waals surface area (Å²) in [6, 6.07) is 26.2. The van der Waals surface area contributed by atoms with Crippen LogP contribution >= 0.6 is 0 Å². The molecule has 0 spiro atoms. The van der Waals surface area contributed by atoms with Crippen LogP contribution in [0.2, 0.25) is 0 Å². The lowest BCUT2D eigenvalue weighted by Gasteiger charge is -2.05. The van der Waals surface area contributed by atoms with Crippen LogP contribution in [0.4, 0.5) is 0 Å². The summed E-state index contributed by atoms with van der Waals surface area (Å²) in [6.07, 6.45) is 11.5. The summed E-state index contributed by atoms with van der Waals surface area (Å²) >= 11 is 0. The van der Waals surface area contributed by atoms with E-state index in [1.54, 1.807) is 0 Å². The third-order valence-corrected chi connectivity index (χ3v) is 5.38. The van der Waals surface area contributed by atoms with Crippen LogP contribution in [0.5, 0.6) is 0 Å². The Morgan fingerprint density at radius 1 is 0.633 bits per heavy atom. The van der Waals surface area contributed by atoms with Crippen molar-refractivity contribution in [3.63, 3.8) is 0 Å². The molecule has 152 valence electrons. The predicted molar refractivity (Wildman–Crippen MR) is 131 cm³/mol. The molecule has 0 nitrogen and oxygen atoms in total. The molecule has 3 aromatic rings.